The molecular weight excluding hydrogens is 322 g/mol. The lowest BCUT2D eigenvalue weighted by Gasteiger charge is -2.31. The van der Waals surface area contributed by atoms with Crippen LogP contribution in [0.25, 0.3) is 0 Å². The lowest BCUT2D eigenvalue weighted by atomic mass is 9.95. The summed E-state index contributed by atoms with van der Waals surface area (Å²) in [6.45, 7) is 7.85. The first kappa shape index (κ1) is 18.6. The van der Waals surface area contributed by atoms with E-state index in [4.69, 9.17) is 9.26 Å². The van der Waals surface area contributed by atoms with Crippen LogP contribution in [0.4, 0.5) is 13.6 Å². The van der Waals surface area contributed by atoms with Gasteiger partial charge in [0, 0.05) is 12.1 Å². The molecule has 0 aliphatic heterocycles. The van der Waals surface area contributed by atoms with Gasteiger partial charge in [0.2, 0.25) is 11.7 Å². The van der Waals surface area contributed by atoms with Crippen molar-refractivity contribution in [3.8, 4) is 0 Å². The number of carbonyl (C=O) groups is 1. The number of alkyl halides is 2. The molecule has 1 aliphatic carbocycles. The van der Waals surface area contributed by atoms with Gasteiger partial charge in [0.15, 0.2) is 0 Å². The molecule has 0 bridgehead atoms. The third-order valence-corrected chi connectivity index (χ3v) is 3.80. The van der Waals surface area contributed by atoms with E-state index in [2.05, 4.69) is 20.8 Å². The van der Waals surface area contributed by atoms with Crippen LogP contribution in [0.5, 0.6) is 0 Å². The van der Waals surface area contributed by atoms with Gasteiger partial charge < -0.3 is 19.9 Å². The number of amides is 1. The SMILES string of the molecule is CC(C)(C)OC(=O)NC[C@](C)(NCc1nc(C(F)F)no1)C1CC1. The third-order valence-electron chi connectivity index (χ3n) is 3.80. The van der Waals surface area contributed by atoms with Crippen LogP contribution in [0.15, 0.2) is 4.52 Å². The summed E-state index contributed by atoms with van der Waals surface area (Å²) in [5.41, 5.74) is -0.973. The average molecular weight is 346 g/mol. The number of ether oxygens (including phenoxy) is 1. The van der Waals surface area contributed by atoms with E-state index >= 15 is 0 Å². The fourth-order valence-corrected chi connectivity index (χ4v) is 2.35. The average Bonchev–Trinajstić information content (AvgIpc) is 3.20. The van der Waals surface area contributed by atoms with E-state index in [9.17, 15) is 13.6 Å². The quantitative estimate of drug-likeness (QED) is 0.789. The third kappa shape index (κ3) is 5.40. The smallest absolute Gasteiger partial charge is 0.407 e. The van der Waals surface area contributed by atoms with Crippen LogP contribution in [0.2, 0.25) is 0 Å². The van der Waals surface area contributed by atoms with Gasteiger partial charge in [0.1, 0.15) is 5.60 Å². The molecule has 1 fully saturated rings. The first-order valence-corrected chi connectivity index (χ1v) is 7.91. The highest BCUT2D eigenvalue weighted by atomic mass is 19.3. The van der Waals surface area contributed by atoms with Crippen LogP contribution in [-0.2, 0) is 11.3 Å². The number of nitrogens with zero attached hydrogens (tertiary/aromatic N) is 2. The van der Waals surface area contributed by atoms with Gasteiger partial charge in [-0.25, -0.2) is 13.6 Å². The zero-order chi connectivity index (χ0) is 18.0. The Morgan fingerprint density at radius 1 is 1.38 bits per heavy atom. The Kier molecular flexibility index (Phi) is 5.42. The lowest BCUT2D eigenvalue weighted by molar-refractivity contribution is 0.0507. The molecule has 136 valence electrons. The Bertz CT molecular complexity index is 569. The molecule has 1 aromatic heterocycles. The van der Waals surface area contributed by atoms with Crippen molar-refractivity contribution in [2.24, 2.45) is 5.92 Å². The van der Waals surface area contributed by atoms with E-state index in [0.29, 0.717) is 12.5 Å². The van der Waals surface area contributed by atoms with Crippen LogP contribution >= 0.6 is 0 Å². The second-order valence-electron chi connectivity index (χ2n) is 7.25. The molecule has 2 rings (SSSR count). The van der Waals surface area contributed by atoms with Crippen LogP contribution in [0.3, 0.4) is 0 Å². The molecule has 0 radical (unpaired) electrons. The molecule has 1 amide bonds. The molecule has 1 heterocycles. The van der Waals surface area contributed by atoms with Crippen molar-refractivity contribution in [3.63, 3.8) is 0 Å². The van der Waals surface area contributed by atoms with Gasteiger partial charge in [-0.3, -0.25) is 0 Å². The number of nitrogens with one attached hydrogen (secondary N) is 2. The summed E-state index contributed by atoms with van der Waals surface area (Å²) in [4.78, 5) is 15.4. The molecule has 9 heteroatoms. The highest BCUT2D eigenvalue weighted by molar-refractivity contribution is 5.67. The Morgan fingerprint density at radius 3 is 2.54 bits per heavy atom. The van der Waals surface area contributed by atoms with Crippen LogP contribution < -0.4 is 10.6 Å². The monoisotopic (exact) mass is 346 g/mol. The van der Waals surface area contributed by atoms with E-state index < -0.39 is 29.5 Å². The standard InChI is InChI=1S/C15H24F2N4O3/c1-14(2,3)23-13(22)18-8-15(4,9-5-6-9)19-7-10-20-12(11(16)17)21-24-10/h9,11,19H,5-8H2,1-4H3,(H,18,22)/t15-/m0/s1. The molecule has 1 atom stereocenters. The number of halogens is 2. The lowest BCUT2D eigenvalue weighted by Crippen LogP contribution is -2.53. The number of aromatic nitrogens is 2. The number of hydrogen-bond donors (Lipinski definition) is 2. The summed E-state index contributed by atoms with van der Waals surface area (Å²) in [6, 6.07) is 0. The fourth-order valence-electron chi connectivity index (χ4n) is 2.35. The van der Waals surface area contributed by atoms with Crippen LogP contribution in [0, 0.1) is 5.92 Å². The molecule has 1 saturated carbocycles. The van der Waals surface area contributed by atoms with Crippen LogP contribution in [0.1, 0.15) is 58.7 Å². The summed E-state index contributed by atoms with van der Waals surface area (Å²) in [6.07, 6.45) is -1.18. The van der Waals surface area contributed by atoms with E-state index in [1.54, 1.807) is 20.8 Å². The molecule has 2 N–H and O–H groups in total. The predicted octanol–water partition coefficient (Wildman–Crippen LogP) is 2.79. The normalized spacial score (nSPS) is 17.6. The van der Waals surface area contributed by atoms with Crippen molar-refractivity contribution in [2.75, 3.05) is 6.54 Å². The molecule has 0 spiro atoms. The predicted molar refractivity (Wildman–Crippen MR) is 81.5 cm³/mol. The van der Waals surface area contributed by atoms with Crippen molar-refractivity contribution in [1.29, 1.82) is 0 Å². The summed E-state index contributed by atoms with van der Waals surface area (Å²) in [5, 5.41) is 9.21. The van der Waals surface area contributed by atoms with E-state index in [1.165, 1.54) is 0 Å². The van der Waals surface area contributed by atoms with Gasteiger partial charge >= 0.3 is 12.5 Å². The summed E-state index contributed by atoms with van der Waals surface area (Å²) < 4.78 is 35.0. The van der Waals surface area contributed by atoms with Gasteiger partial charge in [-0.1, -0.05) is 5.16 Å². The van der Waals surface area contributed by atoms with Crippen molar-refractivity contribution in [1.82, 2.24) is 20.8 Å². The Morgan fingerprint density at radius 2 is 2.04 bits per heavy atom. The topological polar surface area (TPSA) is 89.3 Å². The highest BCUT2D eigenvalue weighted by Gasteiger charge is 2.41. The Balaban J connectivity index is 1.89. The zero-order valence-corrected chi connectivity index (χ0v) is 14.4. The van der Waals surface area contributed by atoms with Gasteiger partial charge in [0.05, 0.1) is 6.54 Å². The molecular formula is C15H24F2N4O3. The van der Waals surface area contributed by atoms with Crippen molar-refractivity contribution >= 4 is 6.09 Å². The molecule has 0 aromatic carbocycles. The van der Waals surface area contributed by atoms with Gasteiger partial charge in [-0.15, -0.1) is 0 Å². The summed E-state index contributed by atoms with van der Waals surface area (Å²) >= 11 is 0. The minimum atomic E-state index is -2.76. The number of alkyl carbamates (subject to hydrolysis) is 1. The largest absolute Gasteiger partial charge is 0.444 e. The molecule has 0 saturated heterocycles. The first-order valence-electron chi connectivity index (χ1n) is 7.91. The van der Waals surface area contributed by atoms with Gasteiger partial charge in [-0.05, 0) is 46.5 Å². The van der Waals surface area contributed by atoms with Gasteiger partial charge in [-0.2, -0.15) is 4.98 Å². The van der Waals surface area contributed by atoms with E-state index in [-0.39, 0.29) is 12.4 Å². The summed E-state index contributed by atoms with van der Waals surface area (Å²) in [5.74, 6) is -0.147. The first-order chi connectivity index (χ1) is 11.1. The summed E-state index contributed by atoms with van der Waals surface area (Å²) in [7, 11) is 0. The second-order valence-corrected chi connectivity index (χ2v) is 7.25. The second kappa shape index (κ2) is 7.00. The number of hydrogen-bond acceptors (Lipinski definition) is 6. The van der Waals surface area contributed by atoms with Crippen LogP contribution in [-0.4, -0.2) is 33.9 Å². The minimum Gasteiger partial charge on any atom is -0.444 e. The van der Waals surface area contributed by atoms with Gasteiger partial charge in [0.25, 0.3) is 0 Å². The Hall–Kier alpha value is -1.77. The highest BCUT2D eigenvalue weighted by Crippen LogP contribution is 2.39. The molecule has 1 aromatic rings. The molecule has 24 heavy (non-hydrogen) atoms. The van der Waals surface area contributed by atoms with E-state index in [0.717, 1.165) is 12.8 Å². The van der Waals surface area contributed by atoms with Crippen molar-refractivity contribution in [3.05, 3.63) is 11.7 Å². The number of carbonyl (C=O) groups excluding carboxylic acids is 1. The maximum absolute atomic E-state index is 12.5. The number of rotatable bonds is 7. The zero-order valence-electron chi connectivity index (χ0n) is 14.4. The maximum Gasteiger partial charge on any atom is 0.407 e. The molecule has 7 nitrogen and oxygen atoms in total. The molecule has 1 aliphatic rings. The van der Waals surface area contributed by atoms with E-state index in [1.807, 2.05) is 6.92 Å². The van der Waals surface area contributed by atoms with Crippen molar-refractivity contribution in [2.45, 2.75) is 64.6 Å². The van der Waals surface area contributed by atoms with Crippen molar-refractivity contribution < 1.29 is 22.8 Å². The molecule has 0 unspecified atom stereocenters. The Labute approximate surface area is 139 Å². The minimum absolute atomic E-state index is 0.0921. The maximum atomic E-state index is 12.5. The fraction of sp³-hybridized carbons (Fsp3) is 0.800.